The van der Waals surface area contributed by atoms with Gasteiger partial charge in [0.1, 0.15) is 16.8 Å². The van der Waals surface area contributed by atoms with Gasteiger partial charge in [-0.2, -0.15) is 0 Å². The highest BCUT2D eigenvalue weighted by Crippen LogP contribution is 2.41. The molecule has 1 N–H and O–H groups in total. The van der Waals surface area contributed by atoms with Gasteiger partial charge >= 0.3 is 0 Å². The van der Waals surface area contributed by atoms with E-state index in [-0.39, 0.29) is 0 Å². The molecule has 3 nitrogen and oxygen atoms in total. The minimum Gasteiger partial charge on any atom is -0.367 e. The summed E-state index contributed by atoms with van der Waals surface area (Å²) < 4.78 is 0. The van der Waals surface area contributed by atoms with E-state index in [1.54, 1.807) is 0 Å². The van der Waals surface area contributed by atoms with Crippen LogP contribution in [0.15, 0.2) is 0 Å². The number of hydrogen-bond donors (Lipinski definition) is 1. The second-order valence-electron chi connectivity index (χ2n) is 5.66. The molecule has 0 aromatic carbocycles. The van der Waals surface area contributed by atoms with Crippen molar-refractivity contribution in [3.05, 3.63) is 16.5 Å². The van der Waals surface area contributed by atoms with Crippen LogP contribution in [0.1, 0.15) is 56.3 Å². The van der Waals surface area contributed by atoms with Gasteiger partial charge in [-0.05, 0) is 38.5 Å². The highest BCUT2D eigenvalue weighted by atomic mass is 35.5. The molecule has 0 radical (unpaired) electrons. The van der Waals surface area contributed by atoms with E-state index in [0.29, 0.717) is 17.1 Å². The van der Waals surface area contributed by atoms with Gasteiger partial charge in [-0.25, -0.2) is 9.97 Å². The first-order valence-electron chi connectivity index (χ1n) is 6.99. The second kappa shape index (κ2) is 4.69. The lowest BCUT2D eigenvalue weighted by Gasteiger charge is -2.11. The molecule has 1 heterocycles. The summed E-state index contributed by atoms with van der Waals surface area (Å²) in [6.45, 7) is 4.24. The molecule has 4 heteroatoms. The summed E-state index contributed by atoms with van der Waals surface area (Å²) in [5.74, 6) is 3.27. The van der Waals surface area contributed by atoms with Gasteiger partial charge in [-0.1, -0.05) is 24.9 Å². The monoisotopic (exact) mass is 265 g/mol. The Morgan fingerprint density at radius 2 is 2.11 bits per heavy atom. The van der Waals surface area contributed by atoms with Crippen LogP contribution in [0, 0.1) is 12.8 Å². The third-order valence-corrected chi connectivity index (χ3v) is 4.32. The van der Waals surface area contributed by atoms with Gasteiger partial charge in [0.15, 0.2) is 0 Å². The van der Waals surface area contributed by atoms with Crippen molar-refractivity contribution >= 4 is 17.4 Å². The second-order valence-corrected chi connectivity index (χ2v) is 6.01. The highest BCUT2D eigenvalue weighted by molar-refractivity contribution is 6.30. The third kappa shape index (κ3) is 2.46. The van der Waals surface area contributed by atoms with Crippen LogP contribution in [0.5, 0.6) is 0 Å². The molecule has 1 aromatic rings. The molecule has 2 aliphatic carbocycles. The Morgan fingerprint density at radius 3 is 2.78 bits per heavy atom. The average molecular weight is 266 g/mol. The molecule has 18 heavy (non-hydrogen) atoms. The standard InChI is InChI=1S/C14H20ClN3/c1-3-4-10-7-11(10)16-13-8(2)12(15)17-14(18-13)9-5-6-9/h9-11H,3-7H2,1-2H3,(H,16,17,18). The number of nitrogens with one attached hydrogen (secondary N) is 1. The molecule has 0 amide bonds. The zero-order chi connectivity index (χ0) is 12.7. The minimum atomic E-state index is 0.550. The number of nitrogens with zero attached hydrogens (tertiary/aromatic N) is 2. The summed E-state index contributed by atoms with van der Waals surface area (Å²) >= 11 is 6.20. The highest BCUT2D eigenvalue weighted by Gasteiger charge is 2.37. The van der Waals surface area contributed by atoms with E-state index in [1.165, 1.54) is 32.1 Å². The van der Waals surface area contributed by atoms with Crippen LogP contribution in [0.4, 0.5) is 5.82 Å². The summed E-state index contributed by atoms with van der Waals surface area (Å²) in [7, 11) is 0. The fraction of sp³-hybridized carbons (Fsp3) is 0.714. The lowest BCUT2D eigenvalue weighted by atomic mass is 10.2. The molecule has 2 aliphatic rings. The van der Waals surface area contributed by atoms with Crippen LogP contribution < -0.4 is 5.32 Å². The Bertz CT molecular complexity index is 457. The fourth-order valence-corrected chi connectivity index (χ4v) is 2.64. The van der Waals surface area contributed by atoms with Gasteiger partial charge in [0.25, 0.3) is 0 Å². The zero-order valence-electron chi connectivity index (χ0n) is 11.0. The first kappa shape index (κ1) is 12.2. The molecule has 2 fully saturated rings. The van der Waals surface area contributed by atoms with Crippen LogP contribution in [0.25, 0.3) is 0 Å². The van der Waals surface area contributed by atoms with Gasteiger partial charge in [0, 0.05) is 17.5 Å². The predicted molar refractivity (Wildman–Crippen MR) is 74.2 cm³/mol. The van der Waals surface area contributed by atoms with Gasteiger partial charge in [0.2, 0.25) is 0 Å². The normalized spacial score (nSPS) is 26.2. The molecular weight excluding hydrogens is 246 g/mol. The van der Waals surface area contributed by atoms with Crippen molar-refractivity contribution in [3.63, 3.8) is 0 Å². The van der Waals surface area contributed by atoms with Gasteiger partial charge in [0.05, 0.1) is 0 Å². The van der Waals surface area contributed by atoms with Crippen LogP contribution in [0.2, 0.25) is 5.15 Å². The molecular formula is C14H20ClN3. The van der Waals surface area contributed by atoms with Crippen molar-refractivity contribution < 1.29 is 0 Å². The summed E-state index contributed by atoms with van der Waals surface area (Å²) in [5, 5.41) is 4.16. The Labute approximate surface area is 113 Å². The van der Waals surface area contributed by atoms with E-state index in [2.05, 4.69) is 22.2 Å². The van der Waals surface area contributed by atoms with E-state index in [0.717, 1.165) is 23.1 Å². The molecule has 0 saturated heterocycles. The maximum Gasteiger partial charge on any atom is 0.137 e. The summed E-state index contributed by atoms with van der Waals surface area (Å²) in [4.78, 5) is 9.06. The number of hydrogen-bond acceptors (Lipinski definition) is 3. The Hall–Kier alpha value is -0.830. The van der Waals surface area contributed by atoms with Crippen molar-refractivity contribution in [2.45, 2.75) is 57.9 Å². The van der Waals surface area contributed by atoms with Crippen molar-refractivity contribution in [2.75, 3.05) is 5.32 Å². The Morgan fingerprint density at radius 1 is 1.33 bits per heavy atom. The van der Waals surface area contributed by atoms with Gasteiger partial charge in [-0.15, -0.1) is 0 Å². The molecule has 2 atom stereocenters. The molecule has 2 unspecified atom stereocenters. The maximum absolute atomic E-state index is 6.20. The first-order chi connectivity index (χ1) is 8.69. The third-order valence-electron chi connectivity index (χ3n) is 3.95. The Balaban J connectivity index is 1.74. The summed E-state index contributed by atoms with van der Waals surface area (Å²) in [5.41, 5.74) is 0.989. The maximum atomic E-state index is 6.20. The van der Waals surface area contributed by atoms with E-state index in [4.69, 9.17) is 11.6 Å². The molecule has 2 saturated carbocycles. The van der Waals surface area contributed by atoms with E-state index in [9.17, 15) is 0 Å². The van der Waals surface area contributed by atoms with E-state index < -0.39 is 0 Å². The first-order valence-corrected chi connectivity index (χ1v) is 7.37. The largest absolute Gasteiger partial charge is 0.367 e. The SMILES string of the molecule is CCCC1CC1Nc1nc(C2CC2)nc(Cl)c1C. The van der Waals surface area contributed by atoms with Crippen molar-refractivity contribution in [1.29, 1.82) is 0 Å². The van der Waals surface area contributed by atoms with Gasteiger partial charge in [-0.3, -0.25) is 0 Å². The number of anilines is 1. The van der Waals surface area contributed by atoms with Crippen molar-refractivity contribution in [3.8, 4) is 0 Å². The van der Waals surface area contributed by atoms with Crippen LogP contribution in [-0.2, 0) is 0 Å². The molecule has 0 spiro atoms. The van der Waals surface area contributed by atoms with Crippen LogP contribution in [-0.4, -0.2) is 16.0 Å². The lowest BCUT2D eigenvalue weighted by Crippen LogP contribution is -2.10. The minimum absolute atomic E-state index is 0.550. The van der Waals surface area contributed by atoms with E-state index in [1.807, 2.05) is 6.92 Å². The van der Waals surface area contributed by atoms with Crippen molar-refractivity contribution in [1.82, 2.24) is 9.97 Å². The van der Waals surface area contributed by atoms with Gasteiger partial charge < -0.3 is 5.32 Å². The zero-order valence-corrected chi connectivity index (χ0v) is 11.8. The Kier molecular flexibility index (Phi) is 3.18. The summed E-state index contributed by atoms with van der Waals surface area (Å²) in [6.07, 6.45) is 6.26. The smallest absolute Gasteiger partial charge is 0.137 e. The fourth-order valence-electron chi connectivity index (χ4n) is 2.46. The molecule has 3 rings (SSSR count). The van der Waals surface area contributed by atoms with Crippen molar-refractivity contribution in [2.24, 2.45) is 5.92 Å². The molecule has 1 aromatic heterocycles. The lowest BCUT2D eigenvalue weighted by molar-refractivity contribution is 0.691. The molecule has 0 bridgehead atoms. The van der Waals surface area contributed by atoms with Crippen LogP contribution >= 0.6 is 11.6 Å². The van der Waals surface area contributed by atoms with E-state index >= 15 is 0 Å². The number of aromatic nitrogens is 2. The number of halogens is 1. The van der Waals surface area contributed by atoms with Crippen LogP contribution in [0.3, 0.4) is 0 Å². The quantitative estimate of drug-likeness (QED) is 0.820. The topological polar surface area (TPSA) is 37.8 Å². The molecule has 98 valence electrons. The summed E-state index contributed by atoms with van der Waals surface area (Å²) in [6, 6.07) is 0.599. The predicted octanol–water partition coefficient (Wildman–Crippen LogP) is 3.92. The number of rotatable bonds is 5. The average Bonchev–Trinajstić information content (AvgIpc) is 3.20. The molecule has 0 aliphatic heterocycles.